The Bertz CT molecular complexity index is 588. The predicted molar refractivity (Wildman–Crippen MR) is 74.5 cm³/mol. The zero-order valence-electron chi connectivity index (χ0n) is 11.3. The quantitative estimate of drug-likeness (QED) is 0.789. The van der Waals surface area contributed by atoms with Crippen molar-refractivity contribution in [3.63, 3.8) is 0 Å². The Morgan fingerprint density at radius 2 is 1.74 bits per heavy atom. The van der Waals surface area contributed by atoms with Crippen molar-refractivity contribution in [1.29, 1.82) is 0 Å². The van der Waals surface area contributed by atoms with Crippen LogP contribution in [0.1, 0.15) is 15.9 Å². The number of ether oxygens (including phenoxy) is 2. The lowest BCUT2D eigenvalue weighted by Gasteiger charge is -2.13. The molecule has 2 aromatic rings. The van der Waals surface area contributed by atoms with Crippen molar-refractivity contribution in [2.45, 2.75) is 6.92 Å². The molecule has 2 aromatic carbocycles. The van der Waals surface area contributed by atoms with Gasteiger partial charge in [-0.25, -0.2) is 4.79 Å². The molecule has 0 aliphatic rings. The molecule has 0 aromatic heterocycles. The summed E-state index contributed by atoms with van der Waals surface area (Å²) >= 11 is 0. The summed E-state index contributed by atoms with van der Waals surface area (Å²) in [6.07, 6.45) is 0. The fourth-order valence-corrected chi connectivity index (χ4v) is 2.07. The Morgan fingerprint density at radius 3 is 2.32 bits per heavy atom. The minimum absolute atomic E-state index is 0.393. The molecule has 0 fully saturated rings. The SMILES string of the molecule is COC(=O)c1c(OC)cc(C)cc1-c1ccccc1. The summed E-state index contributed by atoms with van der Waals surface area (Å²) in [6.45, 7) is 1.97. The minimum Gasteiger partial charge on any atom is -0.496 e. The number of rotatable bonds is 3. The third-order valence-electron chi connectivity index (χ3n) is 2.94. The smallest absolute Gasteiger partial charge is 0.342 e. The monoisotopic (exact) mass is 256 g/mol. The van der Waals surface area contributed by atoms with Crippen molar-refractivity contribution in [2.75, 3.05) is 14.2 Å². The highest BCUT2D eigenvalue weighted by molar-refractivity contribution is 6.00. The van der Waals surface area contributed by atoms with E-state index in [-0.39, 0.29) is 0 Å². The molecule has 0 spiro atoms. The van der Waals surface area contributed by atoms with Crippen molar-refractivity contribution in [3.05, 3.63) is 53.6 Å². The second-order valence-corrected chi connectivity index (χ2v) is 4.25. The van der Waals surface area contributed by atoms with E-state index in [0.717, 1.165) is 16.7 Å². The number of hydrogen-bond donors (Lipinski definition) is 0. The Kier molecular flexibility index (Phi) is 3.85. The first-order valence-electron chi connectivity index (χ1n) is 5.99. The number of aryl methyl sites for hydroxylation is 1. The number of methoxy groups -OCH3 is 2. The molecule has 0 N–H and O–H groups in total. The van der Waals surface area contributed by atoms with Crippen LogP contribution in [0.2, 0.25) is 0 Å². The van der Waals surface area contributed by atoms with Gasteiger partial charge in [0.1, 0.15) is 11.3 Å². The zero-order valence-corrected chi connectivity index (χ0v) is 11.3. The van der Waals surface area contributed by atoms with E-state index in [1.807, 2.05) is 49.4 Å². The lowest BCUT2D eigenvalue weighted by atomic mass is 9.96. The third kappa shape index (κ3) is 2.60. The molecule has 3 nitrogen and oxygen atoms in total. The predicted octanol–water partition coefficient (Wildman–Crippen LogP) is 3.46. The van der Waals surface area contributed by atoms with Crippen molar-refractivity contribution < 1.29 is 14.3 Å². The molecule has 98 valence electrons. The second-order valence-electron chi connectivity index (χ2n) is 4.25. The van der Waals surface area contributed by atoms with Crippen LogP contribution in [0.3, 0.4) is 0 Å². The van der Waals surface area contributed by atoms with Crippen LogP contribution in [0.5, 0.6) is 5.75 Å². The molecule has 0 radical (unpaired) electrons. The van der Waals surface area contributed by atoms with E-state index in [1.165, 1.54) is 7.11 Å². The van der Waals surface area contributed by atoms with E-state index in [9.17, 15) is 4.79 Å². The summed E-state index contributed by atoms with van der Waals surface area (Å²) in [6, 6.07) is 13.5. The van der Waals surface area contributed by atoms with Gasteiger partial charge < -0.3 is 9.47 Å². The normalized spacial score (nSPS) is 10.1. The van der Waals surface area contributed by atoms with Gasteiger partial charge in [0.2, 0.25) is 0 Å². The fourth-order valence-electron chi connectivity index (χ4n) is 2.07. The topological polar surface area (TPSA) is 35.5 Å². The average molecular weight is 256 g/mol. The van der Waals surface area contributed by atoms with E-state index >= 15 is 0 Å². The van der Waals surface area contributed by atoms with Crippen LogP contribution in [-0.2, 0) is 4.74 Å². The molecule has 2 rings (SSSR count). The molecule has 0 aliphatic carbocycles. The van der Waals surface area contributed by atoms with E-state index in [1.54, 1.807) is 7.11 Å². The molecule has 19 heavy (non-hydrogen) atoms. The summed E-state index contributed by atoms with van der Waals surface area (Å²) in [5.41, 5.74) is 3.28. The van der Waals surface area contributed by atoms with Crippen molar-refractivity contribution >= 4 is 5.97 Å². The molecule has 0 heterocycles. The summed E-state index contributed by atoms with van der Waals surface area (Å²) in [5.74, 6) is 0.140. The van der Waals surface area contributed by atoms with Gasteiger partial charge in [-0.15, -0.1) is 0 Å². The fraction of sp³-hybridized carbons (Fsp3) is 0.188. The van der Waals surface area contributed by atoms with Crippen molar-refractivity contribution in [2.24, 2.45) is 0 Å². The van der Waals surface area contributed by atoms with Gasteiger partial charge in [0.05, 0.1) is 14.2 Å². The summed E-state index contributed by atoms with van der Waals surface area (Å²) in [7, 11) is 2.92. The standard InChI is InChI=1S/C16H16O3/c1-11-9-13(12-7-5-4-6-8-12)15(16(17)19-3)14(10-11)18-2/h4-10H,1-3H3. The maximum absolute atomic E-state index is 12.0. The van der Waals surface area contributed by atoms with Crippen LogP contribution in [0.25, 0.3) is 11.1 Å². The first kappa shape index (κ1) is 13.1. The highest BCUT2D eigenvalue weighted by Crippen LogP contribution is 2.32. The minimum atomic E-state index is -0.393. The van der Waals surface area contributed by atoms with Gasteiger partial charge in [-0.1, -0.05) is 36.4 Å². The maximum atomic E-state index is 12.0. The van der Waals surface area contributed by atoms with Gasteiger partial charge in [-0.2, -0.15) is 0 Å². The Labute approximate surface area is 112 Å². The molecule has 0 saturated carbocycles. The van der Waals surface area contributed by atoms with Crippen LogP contribution >= 0.6 is 0 Å². The second kappa shape index (κ2) is 5.57. The summed E-state index contributed by atoms with van der Waals surface area (Å²) in [5, 5.41) is 0. The van der Waals surface area contributed by atoms with Gasteiger partial charge >= 0.3 is 5.97 Å². The molecule has 3 heteroatoms. The highest BCUT2D eigenvalue weighted by Gasteiger charge is 2.19. The Balaban J connectivity index is 2.71. The first-order valence-corrected chi connectivity index (χ1v) is 5.99. The van der Waals surface area contributed by atoms with Gasteiger partial charge in [0.15, 0.2) is 0 Å². The van der Waals surface area contributed by atoms with Crippen LogP contribution in [0.15, 0.2) is 42.5 Å². The number of hydrogen-bond acceptors (Lipinski definition) is 3. The third-order valence-corrected chi connectivity index (χ3v) is 2.94. The molecule has 0 atom stereocenters. The first-order chi connectivity index (χ1) is 9.17. The number of esters is 1. The molecule has 0 aliphatic heterocycles. The van der Waals surface area contributed by atoms with Crippen molar-refractivity contribution in [3.8, 4) is 16.9 Å². The maximum Gasteiger partial charge on any atom is 0.342 e. The van der Waals surface area contributed by atoms with Crippen molar-refractivity contribution in [1.82, 2.24) is 0 Å². The average Bonchev–Trinajstić information content (AvgIpc) is 2.46. The van der Waals surface area contributed by atoms with E-state index < -0.39 is 5.97 Å². The summed E-state index contributed by atoms with van der Waals surface area (Å²) in [4.78, 5) is 12.0. The number of benzene rings is 2. The highest BCUT2D eigenvalue weighted by atomic mass is 16.5. The van der Waals surface area contributed by atoms with E-state index in [2.05, 4.69) is 0 Å². The van der Waals surface area contributed by atoms with E-state index in [4.69, 9.17) is 9.47 Å². The van der Waals surface area contributed by atoms with Crippen LogP contribution in [0, 0.1) is 6.92 Å². The molecular weight excluding hydrogens is 240 g/mol. The molecular formula is C16H16O3. The van der Waals surface area contributed by atoms with Crippen LogP contribution in [-0.4, -0.2) is 20.2 Å². The van der Waals surface area contributed by atoms with Gasteiger partial charge in [-0.3, -0.25) is 0 Å². The largest absolute Gasteiger partial charge is 0.496 e. The van der Waals surface area contributed by atoms with Gasteiger partial charge in [-0.05, 0) is 24.1 Å². The van der Waals surface area contributed by atoms with E-state index in [0.29, 0.717) is 11.3 Å². The molecule has 0 unspecified atom stereocenters. The Morgan fingerprint density at radius 1 is 1.05 bits per heavy atom. The van der Waals surface area contributed by atoms with Crippen LogP contribution < -0.4 is 4.74 Å². The van der Waals surface area contributed by atoms with Crippen LogP contribution in [0.4, 0.5) is 0 Å². The zero-order chi connectivity index (χ0) is 13.8. The summed E-state index contributed by atoms with van der Waals surface area (Å²) < 4.78 is 10.2. The lowest BCUT2D eigenvalue weighted by Crippen LogP contribution is -2.07. The van der Waals surface area contributed by atoms with Gasteiger partial charge in [0.25, 0.3) is 0 Å². The van der Waals surface area contributed by atoms with Gasteiger partial charge in [0, 0.05) is 5.56 Å². The lowest BCUT2D eigenvalue weighted by molar-refractivity contribution is 0.0598. The Hall–Kier alpha value is -2.29. The number of carbonyl (C=O) groups excluding carboxylic acids is 1. The molecule has 0 saturated heterocycles. The number of carbonyl (C=O) groups is 1. The molecule has 0 bridgehead atoms. The molecule has 0 amide bonds.